The SMILES string of the molecule is CCOC(=O)CC(c1cc2c(c(CN3C[C@@H](CC)Oc4c(Cl)cccc4S3(=O)=O)c1)CCC2)c1ccc2c(nnn2C)c1C. The van der Waals surface area contributed by atoms with Gasteiger partial charge in [-0.15, -0.1) is 5.10 Å². The van der Waals surface area contributed by atoms with E-state index in [1.54, 1.807) is 29.8 Å². The molecule has 6 rings (SSSR count). The van der Waals surface area contributed by atoms with Crippen LogP contribution >= 0.6 is 11.6 Å². The lowest BCUT2D eigenvalue weighted by molar-refractivity contribution is -0.143. The van der Waals surface area contributed by atoms with Gasteiger partial charge in [0.2, 0.25) is 10.0 Å². The number of carbonyl (C=O) groups excluding carboxylic acids is 1. The molecule has 2 atom stereocenters. The highest BCUT2D eigenvalue weighted by atomic mass is 35.5. The summed E-state index contributed by atoms with van der Waals surface area (Å²) in [5.41, 5.74) is 7.92. The molecule has 2 heterocycles. The van der Waals surface area contributed by atoms with Crippen LogP contribution in [0.4, 0.5) is 0 Å². The first-order valence-electron chi connectivity index (χ1n) is 15.2. The van der Waals surface area contributed by atoms with Gasteiger partial charge in [-0.1, -0.05) is 48.0 Å². The van der Waals surface area contributed by atoms with Gasteiger partial charge in [0.15, 0.2) is 5.75 Å². The van der Waals surface area contributed by atoms with Gasteiger partial charge in [-0.05, 0) is 91.1 Å². The molecule has 0 saturated carbocycles. The minimum Gasteiger partial charge on any atom is -0.486 e. The van der Waals surface area contributed by atoms with Gasteiger partial charge >= 0.3 is 5.97 Å². The maximum absolute atomic E-state index is 14.1. The van der Waals surface area contributed by atoms with Crippen LogP contribution in [0, 0.1) is 6.92 Å². The Morgan fingerprint density at radius 3 is 2.77 bits per heavy atom. The van der Waals surface area contributed by atoms with Crippen LogP contribution in [0.3, 0.4) is 0 Å². The first kappa shape index (κ1) is 30.6. The molecule has 0 radical (unpaired) electrons. The van der Waals surface area contributed by atoms with Crippen molar-refractivity contribution in [1.82, 2.24) is 19.3 Å². The van der Waals surface area contributed by atoms with Crippen LogP contribution in [0.2, 0.25) is 5.02 Å². The topological polar surface area (TPSA) is 104 Å². The maximum Gasteiger partial charge on any atom is 0.306 e. The van der Waals surface area contributed by atoms with E-state index in [-0.39, 0.29) is 53.2 Å². The third-order valence-corrected chi connectivity index (χ3v) is 11.0. The lowest BCUT2D eigenvalue weighted by atomic mass is 9.83. The average molecular weight is 637 g/mol. The van der Waals surface area contributed by atoms with Crippen LogP contribution in [0.1, 0.15) is 72.4 Å². The van der Waals surface area contributed by atoms with E-state index in [0.717, 1.165) is 52.5 Å². The highest BCUT2D eigenvalue weighted by molar-refractivity contribution is 7.89. The van der Waals surface area contributed by atoms with E-state index in [9.17, 15) is 13.2 Å². The summed E-state index contributed by atoms with van der Waals surface area (Å²) < 4.78 is 43.0. The summed E-state index contributed by atoms with van der Waals surface area (Å²) in [5, 5.41) is 8.87. The Kier molecular flexibility index (Phi) is 8.43. The molecule has 4 aromatic rings. The second kappa shape index (κ2) is 12.1. The molecule has 232 valence electrons. The van der Waals surface area contributed by atoms with Gasteiger partial charge in [-0.25, -0.2) is 13.1 Å². The number of nitrogens with zero attached hydrogens (tertiary/aromatic N) is 4. The van der Waals surface area contributed by atoms with Crippen molar-refractivity contribution < 1.29 is 22.7 Å². The highest BCUT2D eigenvalue weighted by Crippen LogP contribution is 2.40. The predicted molar refractivity (Wildman–Crippen MR) is 169 cm³/mol. The van der Waals surface area contributed by atoms with Crippen LogP contribution in [0.5, 0.6) is 5.75 Å². The Morgan fingerprint density at radius 1 is 1.18 bits per heavy atom. The third kappa shape index (κ3) is 5.48. The van der Waals surface area contributed by atoms with Gasteiger partial charge in [0.05, 0.1) is 30.1 Å². The summed E-state index contributed by atoms with van der Waals surface area (Å²) >= 11 is 6.42. The van der Waals surface area contributed by atoms with Crippen molar-refractivity contribution in [2.45, 2.75) is 76.3 Å². The molecule has 0 spiro atoms. The Balaban J connectivity index is 1.46. The van der Waals surface area contributed by atoms with Crippen molar-refractivity contribution in [3.05, 3.63) is 80.9 Å². The molecule has 0 amide bonds. The number of para-hydroxylation sites is 1. The standard InChI is InChI=1S/C33H37ClN4O5S/c1-5-24-19-38(44(40,41)30-12-8-11-28(34)33(30)43-24)18-23-16-22(15-21-9-7-10-26(21)23)27(17-31(39)42-6-2)25-13-14-29-32(20(25)3)35-36-37(29)4/h8,11-16,24,27H,5-7,9-10,17-19H2,1-4H3/t24-,27?/m1/s1. The summed E-state index contributed by atoms with van der Waals surface area (Å²) in [6.45, 7) is 6.48. The second-order valence-corrected chi connectivity index (χ2v) is 13.9. The molecule has 0 N–H and O–H groups in total. The molecule has 0 saturated heterocycles. The van der Waals surface area contributed by atoms with Crippen LogP contribution < -0.4 is 4.74 Å². The number of benzene rings is 3. The maximum atomic E-state index is 14.1. The summed E-state index contributed by atoms with van der Waals surface area (Å²) in [6, 6.07) is 13.2. The molecule has 0 bridgehead atoms. The normalized spacial score (nSPS) is 18.3. The Hall–Kier alpha value is -3.47. The predicted octanol–water partition coefficient (Wildman–Crippen LogP) is 5.87. The molecular formula is C33H37ClN4O5S. The van der Waals surface area contributed by atoms with Crippen LogP contribution in [0.25, 0.3) is 11.0 Å². The second-order valence-electron chi connectivity index (χ2n) is 11.6. The molecule has 1 aliphatic carbocycles. The van der Waals surface area contributed by atoms with Gasteiger partial charge in [0, 0.05) is 19.5 Å². The van der Waals surface area contributed by atoms with Crippen molar-refractivity contribution in [3.8, 4) is 5.75 Å². The fourth-order valence-corrected chi connectivity index (χ4v) is 8.48. The van der Waals surface area contributed by atoms with Gasteiger partial charge in [0.1, 0.15) is 16.5 Å². The smallest absolute Gasteiger partial charge is 0.306 e. The summed E-state index contributed by atoms with van der Waals surface area (Å²) in [4.78, 5) is 13.1. The lowest BCUT2D eigenvalue weighted by Gasteiger charge is -2.26. The number of rotatable bonds is 8. The average Bonchev–Trinajstić information content (AvgIpc) is 3.61. The van der Waals surface area contributed by atoms with E-state index in [1.165, 1.54) is 15.4 Å². The largest absolute Gasteiger partial charge is 0.486 e. The van der Waals surface area contributed by atoms with Crippen molar-refractivity contribution in [1.29, 1.82) is 0 Å². The van der Waals surface area contributed by atoms with Crippen LogP contribution in [0.15, 0.2) is 47.4 Å². The minimum absolute atomic E-state index is 0.0850. The first-order valence-corrected chi connectivity index (χ1v) is 17.0. The van der Waals surface area contributed by atoms with E-state index in [4.69, 9.17) is 21.1 Å². The summed E-state index contributed by atoms with van der Waals surface area (Å²) in [5.74, 6) is -0.381. The van der Waals surface area contributed by atoms with Gasteiger partial charge in [0.25, 0.3) is 0 Å². The molecule has 3 aromatic carbocycles. The number of esters is 1. The summed E-state index contributed by atoms with van der Waals surface area (Å²) in [6.07, 6.45) is 3.20. The zero-order valence-electron chi connectivity index (χ0n) is 25.5. The minimum atomic E-state index is -3.91. The molecule has 44 heavy (non-hydrogen) atoms. The van der Waals surface area contributed by atoms with E-state index in [2.05, 4.69) is 22.4 Å². The molecule has 9 nitrogen and oxygen atoms in total. The monoisotopic (exact) mass is 636 g/mol. The van der Waals surface area contributed by atoms with Crippen LogP contribution in [-0.4, -0.2) is 52.9 Å². The van der Waals surface area contributed by atoms with Gasteiger partial charge in [-0.2, -0.15) is 4.31 Å². The van der Waals surface area contributed by atoms with Gasteiger partial charge < -0.3 is 9.47 Å². The molecule has 1 aromatic heterocycles. The summed E-state index contributed by atoms with van der Waals surface area (Å²) in [7, 11) is -2.05. The third-order valence-electron chi connectivity index (χ3n) is 8.91. The fourth-order valence-electron chi connectivity index (χ4n) is 6.61. The molecule has 2 aliphatic rings. The Bertz CT molecular complexity index is 1850. The molecular weight excluding hydrogens is 600 g/mol. The van der Waals surface area contributed by atoms with Crippen molar-refractivity contribution >= 4 is 38.6 Å². The van der Waals surface area contributed by atoms with Crippen molar-refractivity contribution in [2.24, 2.45) is 7.05 Å². The molecule has 1 aliphatic heterocycles. The Labute approximate surface area is 263 Å². The fraction of sp³-hybridized carbons (Fsp3) is 0.424. The first-order chi connectivity index (χ1) is 21.1. The zero-order valence-corrected chi connectivity index (χ0v) is 27.0. The van der Waals surface area contributed by atoms with E-state index in [0.29, 0.717) is 13.0 Å². The molecule has 11 heteroatoms. The zero-order chi connectivity index (χ0) is 31.2. The van der Waals surface area contributed by atoms with E-state index in [1.807, 2.05) is 33.0 Å². The number of aryl methyl sites for hydroxylation is 3. The molecule has 0 fully saturated rings. The Morgan fingerprint density at radius 2 is 2.00 bits per heavy atom. The number of fused-ring (bicyclic) bond motifs is 3. The van der Waals surface area contributed by atoms with E-state index < -0.39 is 10.0 Å². The number of hydrogen-bond acceptors (Lipinski definition) is 7. The highest BCUT2D eigenvalue weighted by Gasteiger charge is 2.36. The quantitative estimate of drug-likeness (QED) is 0.223. The number of halogens is 1. The number of ether oxygens (including phenoxy) is 2. The number of hydrogen-bond donors (Lipinski definition) is 0. The number of aromatic nitrogens is 3. The van der Waals surface area contributed by atoms with Crippen molar-refractivity contribution in [2.75, 3.05) is 13.2 Å². The van der Waals surface area contributed by atoms with Gasteiger partial charge in [-0.3, -0.25) is 4.79 Å². The van der Waals surface area contributed by atoms with Crippen molar-refractivity contribution in [3.63, 3.8) is 0 Å². The van der Waals surface area contributed by atoms with Crippen LogP contribution in [-0.2, 0) is 46.0 Å². The number of sulfonamides is 1. The number of carbonyl (C=O) groups is 1. The van der Waals surface area contributed by atoms with E-state index >= 15 is 0 Å². The lowest BCUT2D eigenvalue weighted by Crippen LogP contribution is -2.36. The molecule has 1 unspecified atom stereocenters.